The van der Waals surface area contributed by atoms with Crippen molar-refractivity contribution in [2.75, 3.05) is 25.8 Å². The van der Waals surface area contributed by atoms with Crippen molar-refractivity contribution in [1.29, 1.82) is 5.26 Å². The average Bonchev–Trinajstić information content (AvgIpc) is 2.77. The molecule has 1 N–H and O–H groups in total. The minimum absolute atomic E-state index is 0.230. The van der Waals surface area contributed by atoms with E-state index in [0.717, 1.165) is 17.0 Å². The molecule has 0 aliphatic rings. The van der Waals surface area contributed by atoms with E-state index in [2.05, 4.69) is 21.4 Å². The van der Waals surface area contributed by atoms with Crippen molar-refractivity contribution in [3.05, 3.63) is 59.7 Å². The van der Waals surface area contributed by atoms with Crippen molar-refractivity contribution >= 4 is 23.3 Å². The van der Waals surface area contributed by atoms with Crippen LogP contribution in [0.2, 0.25) is 0 Å². The van der Waals surface area contributed by atoms with Crippen LogP contribution in [0, 0.1) is 11.3 Å². The molecule has 0 aliphatic heterocycles. The predicted octanol–water partition coefficient (Wildman–Crippen LogP) is 4.41. The first kappa shape index (κ1) is 20.3. The molecule has 1 aromatic heterocycles. The van der Waals surface area contributed by atoms with Crippen LogP contribution in [0.25, 0.3) is 0 Å². The summed E-state index contributed by atoms with van der Waals surface area (Å²) in [6.07, 6.45) is 1.87. The summed E-state index contributed by atoms with van der Waals surface area (Å²) < 4.78 is 16.3. The lowest BCUT2D eigenvalue weighted by atomic mass is 10.2. The van der Waals surface area contributed by atoms with Crippen molar-refractivity contribution in [3.63, 3.8) is 0 Å². The van der Waals surface area contributed by atoms with Crippen LogP contribution in [-0.4, -0.2) is 30.4 Å². The number of benzene rings is 2. The Bertz CT molecular complexity index is 1020. The molecule has 2 aromatic carbocycles. The molecule has 0 bridgehead atoms. The fourth-order valence-corrected chi connectivity index (χ4v) is 2.88. The standard InChI is InChI=1S/C21H20N4O3S/c1-26-16-9-7-14(8-10-16)13-28-20-18(12-22)19(24-21(25-20)29-3)23-15-5-4-6-17(11-15)27-2/h4-11H,13H2,1-3H3,(H,23,24,25). The van der Waals surface area contributed by atoms with E-state index < -0.39 is 0 Å². The maximum absolute atomic E-state index is 9.71. The maximum Gasteiger partial charge on any atom is 0.238 e. The Morgan fingerprint density at radius 3 is 2.45 bits per heavy atom. The zero-order valence-electron chi connectivity index (χ0n) is 16.3. The number of thioether (sulfide) groups is 1. The minimum atomic E-state index is 0.230. The smallest absolute Gasteiger partial charge is 0.238 e. The molecule has 29 heavy (non-hydrogen) atoms. The average molecular weight is 408 g/mol. The molecule has 0 atom stereocenters. The van der Waals surface area contributed by atoms with E-state index in [1.54, 1.807) is 14.2 Å². The molecule has 0 radical (unpaired) electrons. The highest BCUT2D eigenvalue weighted by atomic mass is 32.2. The first-order chi connectivity index (χ1) is 14.2. The SMILES string of the molecule is COc1ccc(COc2nc(SC)nc(Nc3cccc(OC)c3)c2C#N)cc1. The van der Waals surface area contributed by atoms with E-state index in [-0.39, 0.29) is 18.1 Å². The van der Waals surface area contributed by atoms with E-state index in [4.69, 9.17) is 14.2 Å². The first-order valence-corrected chi connectivity index (χ1v) is 9.92. The maximum atomic E-state index is 9.71. The number of anilines is 2. The highest BCUT2D eigenvalue weighted by Crippen LogP contribution is 2.29. The number of aromatic nitrogens is 2. The van der Waals surface area contributed by atoms with Crippen LogP contribution in [0.5, 0.6) is 17.4 Å². The highest BCUT2D eigenvalue weighted by molar-refractivity contribution is 7.98. The molecule has 0 saturated heterocycles. The van der Waals surface area contributed by atoms with Crippen LogP contribution in [0.3, 0.4) is 0 Å². The second kappa shape index (κ2) is 9.66. The summed E-state index contributed by atoms with van der Waals surface area (Å²) in [5, 5.41) is 13.4. The van der Waals surface area contributed by atoms with Crippen LogP contribution in [0.15, 0.2) is 53.7 Å². The summed E-state index contributed by atoms with van der Waals surface area (Å²) in [6, 6.07) is 17.0. The predicted molar refractivity (Wildman–Crippen MR) is 112 cm³/mol. The zero-order valence-corrected chi connectivity index (χ0v) is 17.1. The van der Waals surface area contributed by atoms with Gasteiger partial charge in [0.15, 0.2) is 16.5 Å². The Morgan fingerprint density at radius 1 is 1.03 bits per heavy atom. The quantitative estimate of drug-likeness (QED) is 0.433. The van der Waals surface area contributed by atoms with Crippen LogP contribution in [-0.2, 0) is 6.61 Å². The summed E-state index contributed by atoms with van der Waals surface area (Å²) in [6.45, 7) is 0.266. The van der Waals surface area contributed by atoms with Crippen molar-refractivity contribution < 1.29 is 14.2 Å². The van der Waals surface area contributed by atoms with Crippen LogP contribution >= 0.6 is 11.8 Å². The summed E-state index contributed by atoms with van der Waals surface area (Å²) >= 11 is 1.37. The van der Waals surface area contributed by atoms with Gasteiger partial charge in [0, 0.05) is 11.8 Å². The van der Waals surface area contributed by atoms with E-state index >= 15 is 0 Å². The number of nitriles is 1. The van der Waals surface area contributed by atoms with Crippen molar-refractivity contribution in [2.45, 2.75) is 11.8 Å². The zero-order chi connectivity index (χ0) is 20.6. The van der Waals surface area contributed by atoms with Crippen molar-refractivity contribution in [1.82, 2.24) is 9.97 Å². The number of nitrogens with zero attached hydrogens (tertiary/aromatic N) is 3. The largest absolute Gasteiger partial charge is 0.497 e. The van der Waals surface area contributed by atoms with Crippen LogP contribution < -0.4 is 19.5 Å². The van der Waals surface area contributed by atoms with Crippen LogP contribution in [0.1, 0.15) is 11.1 Å². The third-order valence-electron chi connectivity index (χ3n) is 4.02. The van der Waals surface area contributed by atoms with Gasteiger partial charge in [0.1, 0.15) is 24.2 Å². The molecular weight excluding hydrogens is 388 g/mol. The lowest BCUT2D eigenvalue weighted by molar-refractivity contribution is 0.289. The summed E-state index contributed by atoms with van der Waals surface area (Å²) in [4.78, 5) is 8.80. The number of hydrogen-bond acceptors (Lipinski definition) is 8. The van der Waals surface area contributed by atoms with Gasteiger partial charge in [-0.1, -0.05) is 30.0 Å². The Labute approximate surface area is 173 Å². The molecular formula is C21H20N4O3S. The lowest BCUT2D eigenvalue weighted by Crippen LogP contribution is -2.06. The minimum Gasteiger partial charge on any atom is -0.497 e. The van der Waals surface area contributed by atoms with Gasteiger partial charge in [-0.25, -0.2) is 4.98 Å². The molecule has 0 fully saturated rings. The van der Waals surface area contributed by atoms with Gasteiger partial charge in [-0.15, -0.1) is 0 Å². The molecule has 7 nitrogen and oxygen atoms in total. The van der Waals surface area contributed by atoms with E-state index in [1.807, 2.05) is 54.8 Å². The molecule has 8 heteroatoms. The number of methoxy groups -OCH3 is 2. The molecule has 1 heterocycles. The summed E-state index contributed by atoms with van der Waals surface area (Å²) in [5.74, 6) is 2.07. The Hall–Kier alpha value is -3.44. The molecule has 3 rings (SSSR count). The van der Waals surface area contributed by atoms with E-state index in [1.165, 1.54) is 11.8 Å². The number of nitrogens with one attached hydrogen (secondary N) is 1. The highest BCUT2D eigenvalue weighted by Gasteiger charge is 2.16. The van der Waals surface area contributed by atoms with E-state index in [0.29, 0.717) is 16.7 Å². The first-order valence-electron chi connectivity index (χ1n) is 8.69. The summed E-state index contributed by atoms with van der Waals surface area (Å²) in [5.41, 5.74) is 1.91. The van der Waals surface area contributed by atoms with Gasteiger partial charge in [0.2, 0.25) is 5.88 Å². The van der Waals surface area contributed by atoms with Gasteiger partial charge >= 0.3 is 0 Å². The fraction of sp³-hybridized carbons (Fsp3) is 0.190. The molecule has 3 aromatic rings. The molecule has 148 valence electrons. The fourth-order valence-electron chi connectivity index (χ4n) is 2.52. The molecule has 0 aliphatic carbocycles. The molecule has 0 saturated carbocycles. The number of rotatable bonds is 8. The Kier molecular flexibility index (Phi) is 6.76. The monoisotopic (exact) mass is 408 g/mol. The normalized spacial score (nSPS) is 10.1. The molecule has 0 spiro atoms. The van der Waals surface area contributed by atoms with Crippen LogP contribution in [0.4, 0.5) is 11.5 Å². The third-order valence-corrected chi connectivity index (χ3v) is 4.56. The van der Waals surface area contributed by atoms with Gasteiger partial charge in [-0.3, -0.25) is 0 Å². The Morgan fingerprint density at radius 2 is 1.79 bits per heavy atom. The van der Waals surface area contributed by atoms with Crippen molar-refractivity contribution in [3.8, 4) is 23.4 Å². The molecule has 0 amide bonds. The number of hydrogen-bond donors (Lipinski definition) is 1. The van der Waals surface area contributed by atoms with Gasteiger partial charge in [0.05, 0.1) is 14.2 Å². The van der Waals surface area contributed by atoms with Gasteiger partial charge in [0.25, 0.3) is 0 Å². The lowest BCUT2D eigenvalue weighted by Gasteiger charge is -2.13. The molecule has 0 unspecified atom stereocenters. The van der Waals surface area contributed by atoms with Crippen molar-refractivity contribution in [2.24, 2.45) is 0 Å². The van der Waals surface area contributed by atoms with Gasteiger partial charge < -0.3 is 19.5 Å². The topological polar surface area (TPSA) is 89.3 Å². The van der Waals surface area contributed by atoms with Gasteiger partial charge in [-0.05, 0) is 36.1 Å². The Balaban J connectivity index is 1.87. The second-order valence-electron chi connectivity index (χ2n) is 5.84. The number of ether oxygens (including phenoxy) is 3. The second-order valence-corrected chi connectivity index (χ2v) is 6.62. The van der Waals surface area contributed by atoms with Gasteiger partial charge in [-0.2, -0.15) is 10.2 Å². The summed E-state index contributed by atoms with van der Waals surface area (Å²) in [7, 11) is 3.22. The van der Waals surface area contributed by atoms with E-state index in [9.17, 15) is 5.26 Å². The third kappa shape index (κ3) is 5.09.